The third-order valence-electron chi connectivity index (χ3n) is 4.74. The van der Waals surface area contributed by atoms with Gasteiger partial charge in [0.2, 0.25) is 6.79 Å². The van der Waals surface area contributed by atoms with Gasteiger partial charge in [0, 0.05) is 29.1 Å². The van der Waals surface area contributed by atoms with Crippen molar-refractivity contribution < 1.29 is 23.8 Å². The maximum absolute atomic E-state index is 12.1. The highest BCUT2D eigenvalue weighted by Crippen LogP contribution is 2.34. The fourth-order valence-corrected chi connectivity index (χ4v) is 3.22. The lowest BCUT2D eigenvalue weighted by atomic mass is 10.2. The molecule has 158 valence electrons. The van der Waals surface area contributed by atoms with Crippen LogP contribution in [0.1, 0.15) is 17.0 Å². The third-order valence-corrected chi connectivity index (χ3v) is 4.74. The van der Waals surface area contributed by atoms with Gasteiger partial charge in [0.1, 0.15) is 0 Å². The van der Waals surface area contributed by atoms with Crippen LogP contribution in [0.15, 0.2) is 54.6 Å². The molecule has 0 aliphatic carbocycles. The van der Waals surface area contributed by atoms with E-state index in [0.717, 1.165) is 22.6 Å². The lowest BCUT2D eigenvalue weighted by Crippen LogP contribution is -2.20. The second-order valence-electron chi connectivity index (χ2n) is 6.89. The highest BCUT2D eigenvalue weighted by Gasteiger charge is 2.15. The van der Waals surface area contributed by atoms with Crippen LogP contribution in [0.25, 0.3) is 11.8 Å². The van der Waals surface area contributed by atoms with E-state index in [2.05, 4.69) is 10.4 Å². The van der Waals surface area contributed by atoms with E-state index in [1.807, 2.05) is 48.9 Å². The van der Waals surface area contributed by atoms with E-state index in [1.165, 1.54) is 6.08 Å². The SMILES string of the molecule is Cc1nn(-c2ccccc2)c(C)c1/C=C/C(=O)OCC(=O)Nc1ccc2c(c1)OCO2. The van der Waals surface area contributed by atoms with Crippen molar-refractivity contribution in [3.8, 4) is 17.2 Å². The summed E-state index contributed by atoms with van der Waals surface area (Å²) in [5.74, 6) is 0.104. The van der Waals surface area contributed by atoms with Crippen molar-refractivity contribution in [1.29, 1.82) is 0 Å². The van der Waals surface area contributed by atoms with Crippen molar-refractivity contribution in [3.05, 3.63) is 71.6 Å². The van der Waals surface area contributed by atoms with E-state index in [9.17, 15) is 9.59 Å². The molecule has 1 aromatic heterocycles. The summed E-state index contributed by atoms with van der Waals surface area (Å²) in [7, 11) is 0. The highest BCUT2D eigenvalue weighted by molar-refractivity contribution is 5.95. The molecule has 3 aromatic rings. The number of esters is 1. The van der Waals surface area contributed by atoms with Crippen LogP contribution in [-0.2, 0) is 14.3 Å². The number of nitrogens with one attached hydrogen (secondary N) is 1. The first kappa shape index (κ1) is 20.2. The van der Waals surface area contributed by atoms with Crippen molar-refractivity contribution in [3.63, 3.8) is 0 Å². The molecule has 8 heteroatoms. The van der Waals surface area contributed by atoms with Crippen LogP contribution in [-0.4, -0.2) is 35.1 Å². The Balaban J connectivity index is 1.34. The number of amides is 1. The van der Waals surface area contributed by atoms with Crippen molar-refractivity contribution >= 4 is 23.6 Å². The molecular formula is C23H21N3O5. The zero-order valence-electron chi connectivity index (χ0n) is 17.1. The van der Waals surface area contributed by atoms with Gasteiger partial charge in [-0.3, -0.25) is 4.79 Å². The molecule has 1 aliphatic rings. The monoisotopic (exact) mass is 419 g/mol. The van der Waals surface area contributed by atoms with Gasteiger partial charge in [-0.1, -0.05) is 18.2 Å². The number of aromatic nitrogens is 2. The molecule has 0 spiro atoms. The molecule has 2 heterocycles. The summed E-state index contributed by atoms with van der Waals surface area (Å²) < 4.78 is 17.4. The smallest absolute Gasteiger partial charge is 0.331 e. The minimum Gasteiger partial charge on any atom is -0.454 e. The normalized spacial score (nSPS) is 12.2. The summed E-state index contributed by atoms with van der Waals surface area (Å²) in [5.41, 5.74) is 3.97. The summed E-state index contributed by atoms with van der Waals surface area (Å²) in [6.45, 7) is 3.55. The number of ether oxygens (including phenoxy) is 3. The standard InChI is InChI=1S/C23H21N3O5/c1-15-19(16(2)26(25-15)18-6-4-3-5-7-18)9-11-23(28)29-13-22(27)24-17-8-10-20-21(12-17)31-14-30-20/h3-12H,13-14H2,1-2H3,(H,24,27)/b11-9+. The van der Waals surface area contributed by atoms with Gasteiger partial charge in [-0.15, -0.1) is 0 Å². The van der Waals surface area contributed by atoms with Crippen molar-refractivity contribution in [2.24, 2.45) is 0 Å². The molecule has 0 fully saturated rings. The zero-order valence-corrected chi connectivity index (χ0v) is 17.1. The highest BCUT2D eigenvalue weighted by atomic mass is 16.7. The lowest BCUT2D eigenvalue weighted by Gasteiger charge is -2.06. The average molecular weight is 419 g/mol. The Kier molecular flexibility index (Phi) is 5.70. The Hall–Kier alpha value is -4.07. The van der Waals surface area contributed by atoms with Crippen LogP contribution in [0.2, 0.25) is 0 Å². The van der Waals surface area contributed by atoms with E-state index < -0.39 is 18.5 Å². The molecule has 31 heavy (non-hydrogen) atoms. The number of anilines is 1. The second-order valence-corrected chi connectivity index (χ2v) is 6.89. The molecule has 2 aromatic carbocycles. The summed E-state index contributed by atoms with van der Waals surface area (Å²) in [6.07, 6.45) is 2.94. The third kappa shape index (κ3) is 4.58. The first-order valence-corrected chi connectivity index (χ1v) is 9.67. The van der Waals surface area contributed by atoms with Gasteiger partial charge in [-0.25, -0.2) is 9.48 Å². The van der Waals surface area contributed by atoms with Gasteiger partial charge in [-0.05, 0) is 44.2 Å². The summed E-state index contributed by atoms with van der Waals surface area (Å²) in [6, 6.07) is 14.8. The molecule has 4 rings (SSSR count). The van der Waals surface area contributed by atoms with Crippen LogP contribution >= 0.6 is 0 Å². The Morgan fingerprint density at radius 1 is 1.13 bits per heavy atom. The predicted octanol–water partition coefficient (Wildman–Crippen LogP) is 3.41. The van der Waals surface area contributed by atoms with Gasteiger partial charge in [0.15, 0.2) is 18.1 Å². The number of nitrogens with zero attached hydrogens (tertiary/aromatic N) is 2. The molecule has 1 N–H and O–H groups in total. The Morgan fingerprint density at radius 3 is 2.71 bits per heavy atom. The topological polar surface area (TPSA) is 91.7 Å². The molecule has 0 bridgehead atoms. The van der Waals surface area contributed by atoms with Crippen LogP contribution in [0.5, 0.6) is 11.5 Å². The molecule has 8 nitrogen and oxygen atoms in total. The van der Waals surface area contributed by atoms with Gasteiger partial charge >= 0.3 is 5.97 Å². The van der Waals surface area contributed by atoms with Crippen LogP contribution in [0, 0.1) is 13.8 Å². The Bertz CT molecular complexity index is 1150. The first-order valence-electron chi connectivity index (χ1n) is 9.67. The Labute approximate surface area is 179 Å². The first-order chi connectivity index (χ1) is 15.0. The van der Waals surface area contributed by atoms with Crippen LogP contribution in [0.4, 0.5) is 5.69 Å². The average Bonchev–Trinajstić information content (AvgIpc) is 3.35. The maximum atomic E-state index is 12.1. The Morgan fingerprint density at radius 2 is 1.90 bits per heavy atom. The number of carbonyl (C=O) groups excluding carboxylic acids is 2. The quantitative estimate of drug-likeness (QED) is 0.486. The fourth-order valence-electron chi connectivity index (χ4n) is 3.22. The molecule has 0 atom stereocenters. The van der Waals surface area contributed by atoms with E-state index in [4.69, 9.17) is 14.2 Å². The van der Waals surface area contributed by atoms with Gasteiger partial charge < -0.3 is 19.5 Å². The van der Waals surface area contributed by atoms with E-state index in [-0.39, 0.29) is 6.79 Å². The summed E-state index contributed by atoms with van der Waals surface area (Å²) in [5, 5.41) is 7.19. The van der Waals surface area contributed by atoms with Crippen molar-refractivity contribution in [2.75, 3.05) is 18.7 Å². The second kappa shape index (κ2) is 8.74. The number of hydrogen-bond donors (Lipinski definition) is 1. The molecule has 0 unspecified atom stereocenters. The van der Waals surface area contributed by atoms with Crippen molar-refractivity contribution in [1.82, 2.24) is 9.78 Å². The molecule has 1 amide bonds. The number of aryl methyl sites for hydroxylation is 1. The van der Waals surface area contributed by atoms with E-state index in [0.29, 0.717) is 17.2 Å². The number of rotatable bonds is 6. The summed E-state index contributed by atoms with van der Waals surface area (Å²) in [4.78, 5) is 24.1. The summed E-state index contributed by atoms with van der Waals surface area (Å²) >= 11 is 0. The van der Waals surface area contributed by atoms with Crippen molar-refractivity contribution in [2.45, 2.75) is 13.8 Å². The minimum absolute atomic E-state index is 0.153. The predicted molar refractivity (Wildman–Crippen MR) is 114 cm³/mol. The maximum Gasteiger partial charge on any atom is 0.331 e. The fraction of sp³-hybridized carbons (Fsp3) is 0.174. The number of benzene rings is 2. The van der Waals surface area contributed by atoms with Gasteiger partial charge in [0.25, 0.3) is 5.91 Å². The van der Waals surface area contributed by atoms with Gasteiger partial charge in [-0.2, -0.15) is 5.10 Å². The van der Waals surface area contributed by atoms with Crippen LogP contribution < -0.4 is 14.8 Å². The van der Waals surface area contributed by atoms with E-state index in [1.54, 1.807) is 24.3 Å². The molecule has 1 aliphatic heterocycles. The zero-order chi connectivity index (χ0) is 21.8. The number of para-hydroxylation sites is 1. The van der Waals surface area contributed by atoms with E-state index >= 15 is 0 Å². The minimum atomic E-state index is -0.618. The molecule has 0 radical (unpaired) electrons. The van der Waals surface area contributed by atoms with Gasteiger partial charge in [0.05, 0.1) is 11.4 Å². The number of fused-ring (bicyclic) bond motifs is 1. The number of hydrogen-bond acceptors (Lipinski definition) is 6. The lowest BCUT2D eigenvalue weighted by molar-refractivity contribution is -0.142. The van der Waals surface area contributed by atoms with Crippen LogP contribution in [0.3, 0.4) is 0 Å². The largest absolute Gasteiger partial charge is 0.454 e. The number of carbonyl (C=O) groups is 2. The molecule has 0 saturated carbocycles. The molecule has 0 saturated heterocycles. The molecular weight excluding hydrogens is 398 g/mol.